The summed E-state index contributed by atoms with van der Waals surface area (Å²) in [6, 6.07) is 7.01. The van der Waals surface area contributed by atoms with Crippen molar-refractivity contribution in [3.05, 3.63) is 48.0 Å². The highest BCUT2D eigenvalue weighted by atomic mass is 16.2. The summed E-state index contributed by atoms with van der Waals surface area (Å²) in [7, 11) is 0. The highest BCUT2D eigenvalue weighted by Gasteiger charge is 2.29. The summed E-state index contributed by atoms with van der Waals surface area (Å²) < 4.78 is 0. The minimum Gasteiger partial charge on any atom is -0.347 e. The number of aromatic nitrogens is 2. The molecule has 29 heavy (non-hydrogen) atoms. The van der Waals surface area contributed by atoms with Crippen molar-refractivity contribution in [2.75, 3.05) is 25.0 Å². The van der Waals surface area contributed by atoms with E-state index in [1.807, 2.05) is 9.80 Å². The van der Waals surface area contributed by atoms with E-state index >= 15 is 0 Å². The average molecular weight is 398 g/mol. The Bertz CT molecular complexity index is 782. The zero-order valence-electron chi connectivity index (χ0n) is 17.4. The van der Waals surface area contributed by atoms with Crippen molar-refractivity contribution in [2.45, 2.75) is 52.0 Å². The van der Waals surface area contributed by atoms with Gasteiger partial charge in [0.25, 0.3) is 5.91 Å². The van der Waals surface area contributed by atoms with E-state index in [4.69, 9.17) is 0 Å². The molecular formula is C22H31N5O2. The lowest BCUT2D eigenvalue weighted by molar-refractivity contribution is 0.0755. The molecule has 0 saturated carbocycles. The van der Waals surface area contributed by atoms with Crippen LogP contribution in [-0.2, 0) is 0 Å². The summed E-state index contributed by atoms with van der Waals surface area (Å²) >= 11 is 0. The molecule has 156 valence electrons. The molecule has 3 rings (SSSR count). The molecule has 0 spiro atoms. The first kappa shape index (κ1) is 20.9. The van der Waals surface area contributed by atoms with Crippen LogP contribution in [0.4, 0.5) is 10.5 Å². The molecule has 1 aliphatic rings. The van der Waals surface area contributed by atoms with Crippen molar-refractivity contribution in [1.82, 2.24) is 19.8 Å². The number of aromatic amines is 1. The fourth-order valence-electron chi connectivity index (χ4n) is 3.85. The molecule has 1 aromatic heterocycles. The Hall–Kier alpha value is -2.83. The number of nitrogens with one attached hydrogen (secondary N) is 2. The molecule has 2 heterocycles. The number of hydrogen-bond donors (Lipinski definition) is 2. The van der Waals surface area contributed by atoms with Crippen LogP contribution >= 0.6 is 0 Å². The molecule has 1 atom stereocenters. The maximum atomic E-state index is 12.9. The second kappa shape index (κ2) is 10.1. The maximum absolute atomic E-state index is 12.9. The predicted octanol–water partition coefficient (Wildman–Crippen LogP) is 4.43. The lowest BCUT2D eigenvalue weighted by Gasteiger charge is -2.34. The van der Waals surface area contributed by atoms with Crippen LogP contribution in [0.1, 0.15) is 68.2 Å². The minimum absolute atomic E-state index is 0.0313. The molecule has 3 amide bonds. The number of imidazole rings is 1. The van der Waals surface area contributed by atoms with Gasteiger partial charge in [-0.05, 0) is 56.4 Å². The number of carbonyl (C=O) groups excluding carboxylic acids is 2. The number of likely N-dealkylation sites (tertiary alicyclic amines) is 1. The molecule has 1 unspecified atom stereocenters. The zero-order valence-corrected chi connectivity index (χ0v) is 17.4. The Morgan fingerprint density at radius 3 is 2.52 bits per heavy atom. The van der Waals surface area contributed by atoms with E-state index in [0.717, 1.165) is 51.0 Å². The Morgan fingerprint density at radius 1 is 1.17 bits per heavy atom. The van der Waals surface area contributed by atoms with Crippen molar-refractivity contribution in [1.29, 1.82) is 0 Å². The van der Waals surface area contributed by atoms with Crippen LogP contribution in [0.3, 0.4) is 0 Å². The van der Waals surface area contributed by atoms with Gasteiger partial charge in [0.15, 0.2) is 0 Å². The van der Waals surface area contributed by atoms with Crippen LogP contribution in [-0.4, -0.2) is 51.3 Å². The van der Waals surface area contributed by atoms with Gasteiger partial charge < -0.3 is 20.1 Å². The zero-order chi connectivity index (χ0) is 20.6. The number of carbonyl (C=O) groups is 2. The fourth-order valence-corrected chi connectivity index (χ4v) is 3.85. The number of H-pyrrole nitrogens is 1. The van der Waals surface area contributed by atoms with Gasteiger partial charge >= 0.3 is 6.03 Å². The molecule has 1 saturated heterocycles. The molecule has 2 aromatic rings. The number of amides is 3. The van der Waals surface area contributed by atoms with Crippen molar-refractivity contribution in [2.24, 2.45) is 0 Å². The second-order valence-electron chi connectivity index (χ2n) is 7.48. The first-order chi connectivity index (χ1) is 14.1. The molecular weight excluding hydrogens is 366 g/mol. The van der Waals surface area contributed by atoms with Crippen molar-refractivity contribution in [3.63, 3.8) is 0 Å². The van der Waals surface area contributed by atoms with Gasteiger partial charge in [-0.25, -0.2) is 9.78 Å². The van der Waals surface area contributed by atoms with Crippen molar-refractivity contribution >= 4 is 17.6 Å². The van der Waals surface area contributed by atoms with E-state index in [9.17, 15) is 9.59 Å². The van der Waals surface area contributed by atoms with Crippen molar-refractivity contribution < 1.29 is 9.59 Å². The number of piperidine rings is 1. The van der Waals surface area contributed by atoms with Crippen LogP contribution in [0.2, 0.25) is 0 Å². The topological polar surface area (TPSA) is 81.3 Å². The quantitative estimate of drug-likeness (QED) is 0.725. The molecule has 0 bridgehead atoms. The van der Waals surface area contributed by atoms with Gasteiger partial charge in [-0.1, -0.05) is 13.8 Å². The van der Waals surface area contributed by atoms with E-state index in [2.05, 4.69) is 29.1 Å². The Kier molecular flexibility index (Phi) is 7.27. The summed E-state index contributed by atoms with van der Waals surface area (Å²) in [5, 5.41) is 2.97. The predicted molar refractivity (Wildman–Crippen MR) is 114 cm³/mol. The highest BCUT2D eigenvalue weighted by molar-refractivity contribution is 5.95. The third kappa shape index (κ3) is 5.16. The minimum atomic E-state index is -0.135. The van der Waals surface area contributed by atoms with E-state index in [1.165, 1.54) is 0 Å². The van der Waals surface area contributed by atoms with E-state index in [-0.39, 0.29) is 18.0 Å². The summed E-state index contributed by atoms with van der Waals surface area (Å²) in [4.78, 5) is 36.8. The van der Waals surface area contributed by atoms with Crippen LogP contribution in [0.5, 0.6) is 0 Å². The molecule has 1 aliphatic heterocycles. The van der Waals surface area contributed by atoms with Crippen LogP contribution < -0.4 is 5.32 Å². The number of benzene rings is 1. The summed E-state index contributed by atoms with van der Waals surface area (Å²) in [5.74, 6) is 0.869. The Morgan fingerprint density at radius 2 is 1.90 bits per heavy atom. The fraction of sp³-hybridized carbons (Fsp3) is 0.500. The van der Waals surface area contributed by atoms with Gasteiger partial charge in [0.1, 0.15) is 5.82 Å². The van der Waals surface area contributed by atoms with Gasteiger partial charge in [-0.15, -0.1) is 0 Å². The third-order valence-corrected chi connectivity index (χ3v) is 5.26. The average Bonchev–Trinajstić information content (AvgIpc) is 3.28. The third-order valence-electron chi connectivity index (χ3n) is 5.26. The molecule has 0 radical (unpaired) electrons. The lowest BCUT2D eigenvalue weighted by Crippen LogP contribution is -2.41. The summed E-state index contributed by atoms with van der Waals surface area (Å²) in [6.45, 7) is 6.37. The number of hydrogen-bond acceptors (Lipinski definition) is 3. The van der Waals surface area contributed by atoms with E-state index in [0.29, 0.717) is 17.8 Å². The van der Waals surface area contributed by atoms with Gasteiger partial charge in [0, 0.05) is 43.3 Å². The molecule has 7 nitrogen and oxygen atoms in total. The number of rotatable bonds is 7. The van der Waals surface area contributed by atoms with Crippen LogP contribution in [0, 0.1) is 0 Å². The first-order valence-electron chi connectivity index (χ1n) is 10.6. The largest absolute Gasteiger partial charge is 0.347 e. The van der Waals surface area contributed by atoms with Crippen molar-refractivity contribution in [3.8, 4) is 0 Å². The smallest absolute Gasteiger partial charge is 0.322 e. The van der Waals surface area contributed by atoms with Crippen LogP contribution in [0.15, 0.2) is 36.7 Å². The molecule has 2 N–H and O–H groups in total. The van der Waals surface area contributed by atoms with Crippen LogP contribution in [0.25, 0.3) is 0 Å². The second-order valence-corrected chi connectivity index (χ2v) is 7.48. The Balaban J connectivity index is 1.65. The molecule has 1 aromatic carbocycles. The maximum Gasteiger partial charge on any atom is 0.322 e. The highest BCUT2D eigenvalue weighted by Crippen LogP contribution is 2.29. The molecule has 0 aliphatic carbocycles. The molecule has 7 heteroatoms. The standard InChI is InChI=1S/C22H31N5O2/c1-3-14-26(15-4-2)21(28)17-8-10-18(11-9-17)25-22(29)27-16-6-5-7-19(27)20-23-12-13-24-20/h8-13,19H,3-7,14-16H2,1-2H3,(H,23,24)(H,25,29). The Labute approximate surface area is 172 Å². The van der Waals surface area contributed by atoms with E-state index < -0.39 is 0 Å². The SMILES string of the molecule is CCCN(CCC)C(=O)c1ccc(NC(=O)N2CCCCC2c2ncc[nH]2)cc1. The number of nitrogens with zero attached hydrogens (tertiary/aromatic N) is 3. The molecule has 1 fully saturated rings. The summed E-state index contributed by atoms with van der Waals surface area (Å²) in [5.41, 5.74) is 1.34. The first-order valence-corrected chi connectivity index (χ1v) is 10.6. The number of urea groups is 1. The van der Waals surface area contributed by atoms with Gasteiger partial charge in [-0.3, -0.25) is 4.79 Å². The number of anilines is 1. The monoisotopic (exact) mass is 397 g/mol. The van der Waals surface area contributed by atoms with Gasteiger partial charge in [0.2, 0.25) is 0 Å². The van der Waals surface area contributed by atoms with Gasteiger partial charge in [0.05, 0.1) is 6.04 Å². The van der Waals surface area contributed by atoms with Gasteiger partial charge in [-0.2, -0.15) is 0 Å². The summed E-state index contributed by atoms with van der Waals surface area (Å²) in [6.07, 6.45) is 8.35. The normalized spacial score (nSPS) is 16.5. The lowest BCUT2D eigenvalue weighted by atomic mass is 10.0. The van der Waals surface area contributed by atoms with E-state index in [1.54, 1.807) is 36.7 Å².